The van der Waals surface area contributed by atoms with Crippen molar-refractivity contribution in [3.63, 3.8) is 0 Å². The van der Waals surface area contributed by atoms with Crippen molar-refractivity contribution in [1.82, 2.24) is 0 Å². The summed E-state index contributed by atoms with van der Waals surface area (Å²) in [5.74, 6) is 1.14. The van der Waals surface area contributed by atoms with Gasteiger partial charge >= 0.3 is 0 Å². The molecule has 2 heteroatoms. The second kappa shape index (κ2) is 4.46. The maximum atomic E-state index is 12.1. The summed E-state index contributed by atoms with van der Waals surface area (Å²) in [6.07, 6.45) is 1.64. The van der Waals surface area contributed by atoms with Crippen molar-refractivity contribution >= 4 is 17.1 Å². The second-order valence-corrected chi connectivity index (χ2v) is 5.41. The molecule has 86 valence electrons. The first kappa shape index (κ1) is 10.7. The first-order chi connectivity index (χ1) is 8.34. The van der Waals surface area contributed by atoms with E-state index in [1.807, 2.05) is 29.6 Å². The number of Topliss-reactive ketones (excluding diaryl/α,β-unsaturated/α-hetero) is 1. The van der Waals surface area contributed by atoms with E-state index >= 15 is 0 Å². The van der Waals surface area contributed by atoms with Crippen molar-refractivity contribution in [2.45, 2.75) is 18.8 Å². The zero-order chi connectivity index (χ0) is 11.7. The van der Waals surface area contributed by atoms with Gasteiger partial charge in [-0.1, -0.05) is 30.3 Å². The molecule has 0 saturated heterocycles. The topological polar surface area (TPSA) is 17.1 Å². The molecule has 1 aliphatic carbocycles. The monoisotopic (exact) mass is 242 g/mol. The lowest BCUT2D eigenvalue weighted by atomic mass is 10.0. The number of thiophene rings is 1. The van der Waals surface area contributed by atoms with Crippen LogP contribution in [0.5, 0.6) is 0 Å². The molecule has 2 aromatic rings. The third-order valence-electron chi connectivity index (χ3n) is 3.39. The number of carbonyl (C=O) groups excluding carboxylic acids is 1. The van der Waals surface area contributed by atoms with E-state index in [-0.39, 0.29) is 5.92 Å². The average molecular weight is 242 g/mol. The third-order valence-corrected chi connectivity index (χ3v) is 4.12. The minimum atomic E-state index is 0.261. The van der Waals surface area contributed by atoms with Crippen molar-refractivity contribution in [2.24, 2.45) is 5.92 Å². The maximum absolute atomic E-state index is 12.1. The molecule has 1 saturated carbocycles. The predicted molar refractivity (Wildman–Crippen MR) is 70.3 cm³/mol. The highest BCUT2D eigenvalue weighted by Crippen LogP contribution is 2.48. The van der Waals surface area contributed by atoms with Gasteiger partial charge in [0, 0.05) is 12.3 Å². The van der Waals surface area contributed by atoms with E-state index in [4.69, 9.17) is 0 Å². The van der Waals surface area contributed by atoms with Gasteiger partial charge in [0.1, 0.15) is 5.78 Å². The number of ketones is 1. The van der Waals surface area contributed by atoms with Crippen LogP contribution in [0.15, 0.2) is 47.2 Å². The Labute approximate surface area is 105 Å². The smallest absolute Gasteiger partial charge is 0.140 e. The summed E-state index contributed by atoms with van der Waals surface area (Å²) in [6.45, 7) is 0. The van der Waals surface area contributed by atoms with Crippen molar-refractivity contribution in [2.75, 3.05) is 0 Å². The fourth-order valence-electron chi connectivity index (χ4n) is 2.34. The van der Waals surface area contributed by atoms with E-state index in [9.17, 15) is 4.79 Å². The molecule has 1 fully saturated rings. The van der Waals surface area contributed by atoms with E-state index in [0.717, 1.165) is 6.42 Å². The molecule has 1 aromatic heterocycles. The minimum absolute atomic E-state index is 0.261. The van der Waals surface area contributed by atoms with Crippen LogP contribution in [0.25, 0.3) is 0 Å². The second-order valence-electron chi connectivity index (χ2n) is 4.63. The molecule has 1 aromatic carbocycles. The van der Waals surface area contributed by atoms with Crippen molar-refractivity contribution in [3.8, 4) is 0 Å². The first-order valence-electron chi connectivity index (χ1n) is 5.93. The lowest BCUT2D eigenvalue weighted by Crippen LogP contribution is -2.05. The first-order valence-corrected chi connectivity index (χ1v) is 6.87. The fraction of sp³-hybridized carbons (Fsp3) is 0.267. The zero-order valence-electron chi connectivity index (χ0n) is 9.50. The molecule has 1 heterocycles. The van der Waals surface area contributed by atoms with Crippen molar-refractivity contribution < 1.29 is 4.79 Å². The Morgan fingerprint density at radius 1 is 1.24 bits per heavy atom. The van der Waals surface area contributed by atoms with Crippen LogP contribution >= 0.6 is 11.3 Å². The van der Waals surface area contributed by atoms with Gasteiger partial charge in [-0.05, 0) is 40.3 Å². The summed E-state index contributed by atoms with van der Waals surface area (Å²) in [4.78, 5) is 12.1. The van der Waals surface area contributed by atoms with Gasteiger partial charge in [-0.25, -0.2) is 0 Å². The molecule has 0 spiro atoms. The summed E-state index contributed by atoms with van der Waals surface area (Å²) < 4.78 is 0. The lowest BCUT2D eigenvalue weighted by molar-refractivity contribution is -0.119. The molecule has 0 bridgehead atoms. The van der Waals surface area contributed by atoms with Crippen LogP contribution in [-0.4, -0.2) is 5.78 Å². The van der Waals surface area contributed by atoms with Gasteiger partial charge in [0.05, 0.1) is 0 Å². The average Bonchev–Trinajstić information content (AvgIpc) is 3.02. The van der Waals surface area contributed by atoms with Gasteiger partial charge in [-0.3, -0.25) is 4.79 Å². The van der Waals surface area contributed by atoms with Gasteiger partial charge < -0.3 is 0 Å². The highest BCUT2D eigenvalue weighted by Gasteiger charge is 2.43. The molecular weight excluding hydrogens is 228 g/mol. The molecule has 0 radical (unpaired) electrons. The third kappa shape index (κ3) is 2.32. The van der Waals surface area contributed by atoms with Crippen LogP contribution in [0.2, 0.25) is 0 Å². The zero-order valence-corrected chi connectivity index (χ0v) is 10.3. The summed E-state index contributed by atoms with van der Waals surface area (Å²) in [6, 6.07) is 12.4. The van der Waals surface area contributed by atoms with Gasteiger partial charge in [0.25, 0.3) is 0 Å². The fourth-order valence-corrected chi connectivity index (χ4v) is 3.01. The Balaban J connectivity index is 1.63. The van der Waals surface area contributed by atoms with Crippen LogP contribution in [0.3, 0.4) is 0 Å². The summed E-state index contributed by atoms with van der Waals surface area (Å²) in [5, 5.41) is 4.10. The molecule has 0 N–H and O–H groups in total. The molecular formula is C15H14OS. The molecule has 1 nitrogen and oxygen atoms in total. The molecule has 1 aliphatic rings. The molecule has 2 atom stereocenters. The van der Waals surface area contributed by atoms with Crippen LogP contribution in [0.4, 0.5) is 0 Å². The highest BCUT2D eigenvalue weighted by molar-refractivity contribution is 7.08. The molecule has 17 heavy (non-hydrogen) atoms. The molecule has 0 amide bonds. The van der Waals surface area contributed by atoms with E-state index in [0.29, 0.717) is 18.1 Å². The van der Waals surface area contributed by atoms with E-state index < -0.39 is 0 Å². The van der Waals surface area contributed by atoms with Gasteiger partial charge in [0.15, 0.2) is 0 Å². The molecule has 2 unspecified atom stereocenters. The lowest BCUT2D eigenvalue weighted by Gasteiger charge is -1.99. The quantitative estimate of drug-likeness (QED) is 0.799. The number of benzene rings is 1. The number of hydrogen-bond acceptors (Lipinski definition) is 2. The van der Waals surface area contributed by atoms with E-state index in [1.165, 1.54) is 11.1 Å². The Morgan fingerprint density at radius 2 is 2.06 bits per heavy atom. The normalized spacial score (nSPS) is 22.4. The van der Waals surface area contributed by atoms with E-state index in [1.54, 1.807) is 11.3 Å². The van der Waals surface area contributed by atoms with E-state index in [2.05, 4.69) is 17.5 Å². The standard InChI is InChI=1S/C15H14OS/c16-15(8-11-6-7-17-10-11)14-9-13(14)12-4-2-1-3-5-12/h1-7,10,13-14H,8-9H2. The SMILES string of the molecule is O=C(Cc1ccsc1)C1CC1c1ccccc1. The predicted octanol–water partition coefficient (Wildman–Crippen LogP) is 3.66. The Morgan fingerprint density at radius 3 is 2.76 bits per heavy atom. The Hall–Kier alpha value is -1.41. The highest BCUT2D eigenvalue weighted by atomic mass is 32.1. The van der Waals surface area contributed by atoms with Gasteiger partial charge in [-0.15, -0.1) is 0 Å². The summed E-state index contributed by atoms with van der Waals surface area (Å²) in [5.41, 5.74) is 2.48. The van der Waals surface area contributed by atoms with Crippen LogP contribution in [0.1, 0.15) is 23.5 Å². The number of carbonyl (C=O) groups is 1. The Kier molecular flexibility index (Phi) is 2.81. The van der Waals surface area contributed by atoms with Crippen LogP contribution < -0.4 is 0 Å². The summed E-state index contributed by atoms with van der Waals surface area (Å²) in [7, 11) is 0. The maximum Gasteiger partial charge on any atom is 0.140 e. The molecule has 3 rings (SSSR count). The summed E-state index contributed by atoms with van der Waals surface area (Å²) >= 11 is 1.66. The number of rotatable bonds is 4. The number of hydrogen-bond donors (Lipinski definition) is 0. The van der Waals surface area contributed by atoms with Crippen LogP contribution in [-0.2, 0) is 11.2 Å². The van der Waals surface area contributed by atoms with Crippen LogP contribution in [0, 0.1) is 5.92 Å². The minimum Gasteiger partial charge on any atom is -0.299 e. The van der Waals surface area contributed by atoms with Crippen molar-refractivity contribution in [3.05, 3.63) is 58.3 Å². The largest absolute Gasteiger partial charge is 0.299 e. The van der Waals surface area contributed by atoms with Crippen molar-refractivity contribution in [1.29, 1.82) is 0 Å². The van der Waals surface area contributed by atoms with Gasteiger partial charge in [0.2, 0.25) is 0 Å². The molecule has 0 aliphatic heterocycles. The Bertz CT molecular complexity index is 501. The van der Waals surface area contributed by atoms with Gasteiger partial charge in [-0.2, -0.15) is 11.3 Å².